The van der Waals surface area contributed by atoms with Crippen LogP contribution in [-0.4, -0.2) is 83.9 Å². The first-order valence-electron chi connectivity index (χ1n) is 22.7. The molecule has 3 aromatic carbocycles. The maximum absolute atomic E-state index is 14.8. The first kappa shape index (κ1) is 47.7. The Labute approximate surface area is 372 Å². The summed E-state index contributed by atoms with van der Waals surface area (Å²) in [6, 6.07) is 21.4. The topological polar surface area (TPSA) is 129 Å². The quantitative estimate of drug-likeness (QED) is 0.0544. The number of rotatable bonds is 23. The van der Waals surface area contributed by atoms with Gasteiger partial charge in [0.15, 0.2) is 0 Å². The van der Waals surface area contributed by atoms with Crippen LogP contribution in [0.5, 0.6) is 11.5 Å². The molecule has 1 saturated carbocycles. The molecule has 63 heavy (non-hydrogen) atoms. The molecule has 0 radical (unpaired) electrons. The van der Waals surface area contributed by atoms with Gasteiger partial charge in [0.25, 0.3) is 0 Å². The number of unbranched alkanes of at least 4 members (excludes halogenated alkanes) is 2. The number of halogens is 1. The molecular weight excluding hydrogens is 804 g/mol. The summed E-state index contributed by atoms with van der Waals surface area (Å²) in [6.07, 6.45) is 8.86. The summed E-state index contributed by atoms with van der Waals surface area (Å²) in [4.78, 5) is 22.5. The summed E-state index contributed by atoms with van der Waals surface area (Å²) in [5.74, 6) is -1.28. The second kappa shape index (κ2) is 22.7. The van der Waals surface area contributed by atoms with E-state index in [-0.39, 0.29) is 69.6 Å². The molecule has 1 amide bonds. The number of amides is 1. The molecule has 11 nitrogen and oxygen atoms in total. The fraction of sp³-hybridized carbons (Fsp3) is 0.529. The molecule has 342 valence electrons. The zero-order chi connectivity index (χ0) is 44.8. The van der Waals surface area contributed by atoms with E-state index in [0.29, 0.717) is 55.2 Å². The molecule has 1 aliphatic heterocycles. The molecule has 6 atom stereocenters. The monoisotopic (exact) mass is 870 g/mol. The second-order valence-corrected chi connectivity index (χ2v) is 17.7. The van der Waals surface area contributed by atoms with Gasteiger partial charge in [0.2, 0.25) is 5.79 Å². The molecule has 0 aromatic heterocycles. The molecular formula is C51H67FN2O9. The van der Waals surface area contributed by atoms with E-state index in [1.54, 1.807) is 29.2 Å². The highest BCUT2D eigenvalue weighted by molar-refractivity contribution is 6.03. The van der Waals surface area contributed by atoms with Crippen LogP contribution in [0.25, 0.3) is 0 Å². The SMILES string of the molecule is C=CCOC12Oc3ccc(OCc4ccccc4F)cc3C3C(CCCCO)C(CCCCO)C=C(C(=NOC(C)(C)C)CC1N(CCC)C(=O)OCCOCc1ccccc1)C32. The van der Waals surface area contributed by atoms with E-state index in [1.165, 1.54) is 6.07 Å². The van der Waals surface area contributed by atoms with E-state index in [0.717, 1.165) is 42.4 Å². The van der Waals surface area contributed by atoms with Gasteiger partial charge in [-0.2, -0.15) is 0 Å². The summed E-state index contributed by atoms with van der Waals surface area (Å²) in [5, 5.41) is 24.8. The number of hydrogen-bond acceptors (Lipinski definition) is 10. The lowest BCUT2D eigenvalue weighted by Crippen LogP contribution is -2.70. The van der Waals surface area contributed by atoms with Crippen molar-refractivity contribution >= 4 is 11.8 Å². The Balaban J connectivity index is 1.47. The van der Waals surface area contributed by atoms with Gasteiger partial charge in [-0.25, -0.2) is 9.18 Å². The molecule has 12 heteroatoms. The van der Waals surface area contributed by atoms with E-state index in [4.69, 9.17) is 33.7 Å². The van der Waals surface area contributed by atoms with Crippen LogP contribution in [0.2, 0.25) is 0 Å². The standard InChI is InChI=1S/C51H67FN2O9/c1-6-25-54(49(57)59-30-29-58-34-36-17-9-8-10-18-36)46-33-44(53-63-50(3,4)5)41-31-37(19-13-15-26-55)40(21-14-16-27-56)47-42-32-39(60-35-38-20-11-12-22-43(38)52)23-24-45(42)62-51(46,48(41)47)61-28-7-2/h7-12,17-18,20,22-24,31-32,37,40,46-48,55-56H,2,6,13-16,19,21,25-30,33-35H2,1,3-5H3. The van der Waals surface area contributed by atoms with Crippen molar-refractivity contribution < 1.29 is 47.9 Å². The average molecular weight is 871 g/mol. The Morgan fingerprint density at radius 3 is 2.44 bits per heavy atom. The number of nitrogens with zero attached hydrogens (tertiary/aromatic N) is 2. The van der Waals surface area contributed by atoms with Crippen LogP contribution in [0.15, 0.2) is 102 Å². The highest BCUT2D eigenvalue weighted by Crippen LogP contribution is 2.62. The van der Waals surface area contributed by atoms with Crippen molar-refractivity contribution in [3.63, 3.8) is 0 Å². The van der Waals surface area contributed by atoms with E-state index in [1.807, 2.05) is 76.2 Å². The van der Waals surface area contributed by atoms with Crippen LogP contribution in [0.3, 0.4) is 0 Å². The molecule has 3 aliphatic rings. The van der Waals surface area contributed by atoms with E-state index >= 15 is 0 Å². The Bertz CT molecular complexity index is 2000. The fourth-order valence-electron chi connectivity index (χ4n) is 9.36. The van der Waals surface area contributed by atoms with Gasteiger partial charge in [-0.15, -0.1) is 6.58 Å². The lowest BCUT2D eigenvalue weighted by Gasteiger charge is -2.60. The van der Waals surface area contributed by atoms with E-state index in [9.17, 15) is 19.4 Å². The predicted molar refractivity (Wildman–Crippen MR) is 241 cm³/mol. The molecule has 3 aromatic rings. The fourth-order valence-corrected chi connectivity index (χ4v) is 9.36. The second-order valence-electron chi connectivity index (χ2n) is 17.7. The van der Waals surface area contributed by atoms with Gasteiger partial charge in [-0.05, 0) is 100 Å². The van der Waals surface area contributed by atoms with Gasteiger partial charge < -0.3 is 38.7 Å². The molecule has 6 rings (SSSR count). The summed E-state index contributed by atoms with van der Waals surface area (Å²) >= 11 is 0. The van der Waals surface area contributed by atoms with Crippen molar-refractivity contribution in [2.75, 3.05) is 39.6 Å². The summed E-state index contributed by atoms with van der Waals surface area (Å²) in [7, 11) is 0. The number of fused-ring (bicyclic) bond motifs is 2. The number of oxime groups is 1. The maximum Gasteiger partial charge on any atom is 0.410 e. The smallest absolute Gasteiger partial charge is 0.410 e. The minimum absolute atomic E-state index is 0.0250. The third kappa shape index (κ3) is 11.9. The van der Waals surface area contributed by atoms with Crippen molar-refractivity contribution in [1.82, 2.24) is 4.90 Å². The minimum Gasteiger partial charge on any atom is -0.489 e. The van der Waals surface area contributed by atoms with E-state index < -0.39 is 29.4 Å². The molecule has 6 unspecified atom stereocenters. The minimum atomic E-state index is -1.43. The zero-order valence-electron chi connectivity index (χ0n) is 37.5. The number of carbonyl (C=O) groups excluding carboxylic acids is 1. The Kier molecular flexibility index (Phi) is 17.2. The summed E-state index contributed by atoms with van der Waals surface area (Å²) < 4.78 is 47.3. The van der Waals surface area contributed by atoms with Gasteiger partial charge in [-0.3, -0.25) is 4.90 Å². The number of aliphatic hydroxyl groups excluding tert-OH is 2. The highest BCUT2D eigenvalue weighted by Gasteiger charge is 2.65. The molecule has 0 saturated heterocycles. The largest absolute Gasteiger partial charge is 0.489 e. The van der Waals surface area contributed by atoms with Crippen LogP contribution in [0.1, 0.15) is 102 Å². The molecule has 1 fully saturated rings. The van der Waals surface area contributed by atoms with Crippen molar-refractivity contribution in [2.45, 2.75) is 116 Å². The van der Waals surface area contributed by atoms with E-state index in [2.05, 4.69) is 12.7 Å². The Morgan fingerprint density at radius 2 is 1.73 bits per heavy atom. The molecule has 0 bridgehead atoms. The number of allylic oxidation sites excluding steroid dienone is 1. The number of carbonyl (C=O) groups is 1. The zero-order valence-corrected chi connectivity index (χ0v) is 37.5. The third-order valence-corrected chi connectivity index (χ3v) is 12.1. The van der Waals surface area contributed by atoms with Gasteiger partial charge in [0, 0.05) is 43.2 Å². The van der Waals surface area contributed by atoms with Crippen molar-refractivity contribution in [1.29, 1.82) is 0 Å². The van der Waals surface area contributed by atoms with Gasteiger partial charge in [0.05, 0.1) is 31.5 Å². The van der Waals surface area contributed by atoms with Crippen LogP contribution in [0.4, 0.5) is 9.18 Å². The van der Waals surface area contributed by atoms with Gasteiger partial charge in [0.1, 0.15) is 42.2 Å². The Hall–Kier alpha value is -4.75. The number of hydrogen-bond donors (Lipinski definition) is 2. The molecule has 0 spiro atoms. The van der Waals surface area contributed by atoms with Crippen molar-refractivity contribution in [3.05, 3.63) is 120 Å². The first-order valence-corrected chi connectivity index (χ1v) is 22.7. The average Bonchev–Trinajstić information content (AvgIpc) is 3.27. The first-order chi connectivity index (χ1) is 30.5. The molecule has 1 heterocycles. The number of aliphatic hydroxyl groups is 2. The third-order valence-electron chi connectivity index (χ3n) is 12.1. The predicted octanol–water partition coefficient (Wildman–Crippen LogP) is 9.90. The van der Waals surface area contributed by atoms with Gasteiger partial charge in [-0.1, -0.05) is 85.6 Å². The van der Waals surface area contributed by atoms with Crippen LogP contribution in [0, 0.1) is 23.6 Å². The van der Waals surface area contributed by atoms with Crippen LogP contribution >= 0.6 is 0 Å². The van der Waals surface area contributed by atoms with Crippen LogP contribution < -0.4 is 9.47 Å². The van der Waals surface area contributed by atoms with Crippen molar-refractivity contribution in [3.8, 4) is 11.5 Å². The lowest BCUT2D eigenvalue weighted by molar-refractivity contribution is -0.255. The van der Waals surface area contributed by atoms with Gasteiger partial charge >= 0.3 is 6.09 Å². The normalized spacial score (nSPS) is 23.2. The summed E-state index contributed by atoms with van der Waals surface area (Å²) in [5.41, 5.74) is 3.39. The lowest BCUT2D eigenvalue weighted by atomic mass is 9.55. The maximum atomic E-state index is 14.8. The van der Waals surface area contributed by atoms with Crippen molar-refractivity contribution in [2.24, 2.45) is 22.9 Å². The number of benzene rings is 3. The molecule has 2 N–H and O–H groups in total. The molecule has 2 aliphatic carbocycles. The number of ether oxygens (including phenoxy) is 5. The highest BCUT2D eigenvalue weighted by atomic mass is 19.1. The Morgan fingerprint density at radius 1 is 0.984 bits per heavy atom. The van der Waals surface area contributed by atoms with Crippen LogP contribution in [-0.2, 0) is 32.3 Å². The summed E-state index contributed by atoms with van der Waals surface area (Å²) in [6.45, 7) is 13.2.